The lowest BCUT2D eigenvalue weighted by Gasteiger charge is -2.18. The zero-order valence-corrected chi connectivity index (χ0v) is 20.6. The van der Waals surface area contributed by atoms with Crippen LogP contribution in [0.1, 0.15) is 53.4 Å². The Morgan fingerprint density at radius 2 is 1.97 bits per heavy atom. The van der Waals surface area contributed by atoms with Crippen molar-refractivity contribution in [2.45, 2.75) is 57.7 Å². The van der Waals surface area contributed by atoms with Crippen LogP contribution < -0.4 is 16.2 Å². The molecule has 0 bridgehead atoms. The van der Waals surface area contributed by atoms with Crippen molar-refractivity contribution in [1.82, 2.24) is 24.8 Å². The summed E-state index contributed by atoms with van der Waals surface area (Å²) >= 11 is 6.46. The van der Waals surface area contributed by atoms with Crippen LogP contribution in [0.4, 0.5) is 5.82 Å². The smallest absolute Gasteiger partial charge is 0.294 e. The number of anilines is 1. The van der Waals surface area contributed by atoms with Crippen LogP contribution in [0.5, 0.6) is 0 Å². The first-order valence-corrected chi connectivity index (χ1v) is 12.8. The maximum atomic E-state index is 13.4. The number of carbonyl (C=O) groups excluding carboxylic acids is 1. The van der Waals surface area contributed by atoms with Crippen LogP contribution >= 0.6 is 11.6 Å². The van der Waals surface area contributed by atoms with Gasteiger partial charge < -0.3 is 15.6 Å². The number of carbonyl (C=O) groups is 1. The number of hydrogen-bond donors (Lipinski definition) is 3. The number of H-pyrrole nitrogens is 1. The van der Waals surface area contributed by atoms with Crippen LogP contribution in [0.15, 0.2) is 47.5 Å². The molecule has 0 saturated carbocycles. The monoisotopic (exact) mass is 502 g/mol. The molecule has 0 spiro atoms. The summed E-state index contributed by atoms with van der Waals surface area (Å²) in [5.74, 6) is -0.0418. The van der Waals surface area contributed by atoms with Gasteiger partial charge in [0.25, 0.3) is 5.56 Å². The largest absolute Gasteiger partial charge is 0.361 e. The SMILES string of the molecule is O=C(NCc1cc2cnccc2[nH]1)C1CCc2c(Cl)nc(NCc3ccc4c(c3)CCCC4)c(=O)n21. The fourth-order valence-corrected chi connectivity index (χ4v) is 5.65. The molecule has 184 valence electrons. The predicted molar refractivity (Wildman–Crippen MR) is 139 cm³/mol. The Balaban J connectivity index is 1.18. The van der Waals surface area contributed by atoms with Crippen molar-refractivity contribution in [3.63, 3.8) is 0 Å². The maximum Gasteiger partial charge on any atom is 0.294 e. The Kier molecular flexibility index (Phi) is 5.97. The molecule has 2 aliphatic rings. The molecule has 0 radical (unpaired) electrons. The molecule has 3 aromatic heterocycles. The second-order valence-electron chi connectivity index (χ2n) is 9.57. The number of aromatic nitrogens is 4. The van der Waals surface area contributed by atoms with E-state index < -0.39 is 6.04 Å². The lowest BCUT2D eigenvalue weighted by molar-refractivity contribution is -0.124. The summed E-state index contributed by atoms with van der Waals surface area (Å²) in [4.78, 5) is 38.2. The fraction of sp³-hybridized carbons (Fsp3) is 0.333. The normalized spacial score (nSPS) is 16.5. The van der Waals surface area contributed by atoms with Crippen LogP contribution in [-0.4, -0.2) is 25.4 Å². The van der Waals surface area contributed by atoms with Crippen molar-refractivity contribution in [2.75, 3.05) is 5.32 Å². The number of aromatic amines is 1. The quantitative estimate of drug-likeness (QED) is 0.368. The minimum Gasteiger partial charge on any atom is -0.361 e. The average Bonchev–Trinajstić information content (AvgIpc) is 3.53. The fourth-order valence-electron chi connectivity index (χ4n) is 5.38. The number of aryl methyl sites for hydroxylation is 2. The molecule has 1 amide bonds. The van der Waals surface area contributed by atoms with E-state index in [2.05, 4.69) is 43.8 Å². The number of amides is 1. The van der Waals surface area contributed by atoms with Gasteiger partial charge in [-0.1, -0.05) is 29.8 Å². The molecular weight excluding hydrogens is 476 g/mol. The van der Waals surface area contributed by atoms with Crippen molar-refractivity contribution >= 4 is 34.2 Å². The first kappa shape index (κ1) is 22.8. The first-order valence-electron chi connectivity index (χ1n) is 12.4. The molecule has 6 rings (SSSR count). The summed E-state index contributed by atoms with van der Waals surface area (Å²) in [5.41, 5.74) is 6.03. The van der Waals surface area contributed by atoms with E-state index in [0.29, 0.717) is 31.6 Å². The number of fused-ring (bicyclic) bond motifs is 3. The van der Waals surface area contributed by atoms with Crippen LogP contribution in [0, 0.1) is 0 Å². The number of nitrogens with one attached hydrogen (secondary N) is 3. The minimum absolute atomic E-state index is 0.171. The number of benzene rings is 1. The Bertz CT molecular complexity index is 1490. The summed E-state index contributed by atoms with van der Waals surface area (Å²) in [6.07, 6.45) is 9.22. The second kappa shape index (κ2) is 9.43. The highest BCUT2D eigenvalue weighted by atomic mass is 35.5. The molecule has 1 aromatic carbocycles. The van der Waals surface area contributed by atoms with Crippen molar-refractivity contribution in [2.24, 2.45) is 0 Å². The van der Waals surface area contributed by atoms with Crippen molar-refractivity contribution in [1.29, 1.82) is 0 Å². The molecule has 1 atom stereocenters. The van der Waals surface area contributed by atoms with Crippen molar-refractivity contribution in [3.8, 4) is 0 Å². The topological polar surface area (TPSA) is 105 Å². The first-order chi connectivity index (χ1) is 17.6. The van der Waals surface area contributed by atoms with Gasteiger partial charge in [-0.2, -0.15) is 0 Å². The van der Waals surface area contributed by atoms with Crippen molar-refractivity contribution in [3.05, 3.63) is 86.3 Å². The predicted octanol–water partition coefficient (Wildman–Crippen LogP) is 4.07. The Hall–Kier alpha value is -3.65. The van der Waals surface area contributed by atoms with Gasteiger partial charge in [0.05, 0.1) is 12.2 Å². The third kappa shape index (κ3) is 4.26. The molecule has 1 aliphatic heterocycles. The van der Waals surface area contributed by atoms with E-state index in [1.165, 1.54) is 28.5 Å². The Morgan fingerprint density at radius 3 is 2.83 bits per heavy atom. The molecule has 0 saturated heterocycles. The van der Waals surface area contributed by atoms with Gasteiger partial charge in [-0.25, -0.2) is 4.98 Å². The van der Waals surface area contributed by atoms with E-state index in [-0.39, 0.29) is 22.4 Å². The van der Waals surface area contributed by atoms with Crippen LogP contribution in [0.2, 0.25) is 5.15 Å². The van der Waals surface area contributed by atoms with Gasteiger partial charge in [0.1, 0.15) is 6.04 Å². The van der Waals surface area contributed by atoms with E-state index in [1.807, 2.05) is 12.1 Å². The highest BCUT2D eigenvalue weighted by Crippen LogP contribution is 2.29. The third-order valence-corrected chi connectivity index (χ3v) is 7.53. The summed E-state index contributed by atoms with van der Waals surface area (Å²) in [6, 6.07) is 9.72. The number of hydrogen-bond acceptors (Lipinski definition) is 5. The summed E-state index contributed by atoms with van der Waals surface area (Å²) in [6.45, 7) is 0.799. The van der Waals surface area contributed by atoms with Crippen molar-refractivity contribution < 1.29 is 4.79 Å². The maximum absolute atomic E-state index is 13.4. The van der Waals surface area contributed by atoms with Gasteiger partial charge >= 0.3 is 0 Å². The van der Waals surface area contributed by atoms with Crippen LogP contribution in [0.3, 0.4) is 0 Å². The highest BCUT2D eigenvalue weighted by molar-refractivity contribution is 6.30. The Morgan fingerprint density at radius 1 is 1.11 bits per heavy atom. The standard InChI is InChI=1S/C27H27ClN6O2/c28-24-22-7-8-23(26(35)31-15-20-12-19-14-29-10-9-21(19)32-20)34(22)27(36)25(33-24)30-13-16-5-6-17-3-1-2-4-18(17)11-16/h5-6,9-12,14,23,32H,1-4,7-8,13,15H2,(H,30,33)(H,31,35). The zero-order chi connectivity index (χ0) is 24.6. The molecule has 1 aliphatic carbocycles. The molecule has 0 fully saturated rings. The summed E-state index contributed by atoms with van der Waals surface area (Å²) < 4.78 is 1.51. The summed E-state index contributed by atoms with van der Waals surface area (Å²) in [7, 11) is 0. The van der Waals surface area contributed by atoms with Gasteiger partial charge in [0, 0.05) is 35.5 Å². The van der Waals surface area contributed by atoms with Crippen LogP contribution in [-0.2, 0) is 37.1 Å². The molecular formula is C27H27ClN6O2. The number of halogens is 1. The van der Waals surface area contributed by atoms with Gasteiger partial charge in [0.2, 0.25) is 5.91 Å². The van der Waals surface area contributed by atoms with Gasteiger partial charge in [-0.05, 0) is 67.3 Å². The lowest BCUT2D eigenvalue weighted by atomic mass is 9.90. The number of nitrogens with zero attached hydrogens (tertiary/aromatic N) is 3. The molecule has 1 unspecified atom stereocenters. The molecule has 9 heteroatoms. The minimum atomic E-state index is -0.622. The third-order valence-electron chi connectivity index (χ3n) is 7.23. The molecule has 4 aromatic rings. The average molecular weight is 503 g/mol. The van der Waals surface area contributed by atoms with Gasteiger partial charge in [-0.15, -0.1) is 0 Å². The van der Waals surface area contributed by atoms with Gasteiger partial charge in [-0.3, -0.25) is 19.1 Å². The van der Waals surface area contributed by atoms with E-state index in [1.54, 1.807) is 12.4 Å². The molecule has 8 nitrogen and oxygen atoms in total. The van der Waals surface area contributed by atoms with E-state index in [9.17, 15) is 9.59 Å². The Labute approximate surface area is 213 Å². The van der Waals surface area contributed by atoms with Gasteiger partial charge in [0.15, 0.2) is 11.0 Å². The van der Waals surface area contributed by atoms with Crippen LogP contribution in [0.25, 0.3) is 10.9 Å². The summed E-state index contributed by atoms with van der Waals surface area (Å²) in [5, 5.41) is 7.38. The second-order valence-corrected chi connectivity index (χ2v) is 9.92. The van der Waals surface area contributed by atoms with E-state index in [4.69, 9.17) is 11.6 Å². The highest BCUT2D eigenvalue weighted by Gasteiger charge is 2.32. The molecule has 4 heterocycles. The van der Waals surface area contributed by atoms with E-state index in [0.717, 1.165) is 35.0 Å². The number of rotatable bonds is 6. The lowest BCUT2D eigenvalue weighted by Crippen LogP contribution is -2.36. The zero-order valence-electron chi connectivity index (χ0n) is 19.8. The molecule has 3 N–H and O–H groups in total. The number of pyridine rings is 1. The van der Waals surface area contributed by atoms with E-state index >= 15 is 0 Å². The molecule has 36 heavy (non-hydrogen) atoms.